The number of nitro benzene ring substituents is 1. The fraction of sp³-hybridized carbons (Fsp3) is 0.600. The topological polar surface area (TPSA) is 58.4 Å². The first-order valence-corrected chi connectivity index (χ1v) is 7.36. The minimum Gasteiger partial charge on any atom is -0.308 e. The SMILES string of the molecule is CC1CC(NCc2ccccc2[N+](=O)[O-])CN1C1CC1. The zero-order valence-corrected chi connectivity index (χ0v) is 11.8. The molecule has 108 valence electrons. The van der Waals surface area contributed by atoms with Crippen LogP contribution in [0.25, 0.3) is 0 Å². The van der Waals surface area contributed by atoms with Crippen LogP contribution in [0.4, 0.5) is 5.69 Å². The molecule has 0 amide bonds. The Labute approximate surface area is 119 Å². The van der Waals surface area contributed by atoms with Gasteiger partial charge >= 0.3 is 0 Å². The van der Waals surface area contributed by atoms with Gasteiger partial charge in [-0.3, -0.25) is 15.0 Å². The largest absolute Gasteiger partial charge is 0.308 e. The Morgan fingerprint density at radius 1 is 1.40 bits per heavy atom. The number of benzene rings is 1. The van der Waals surface area contributed by atoms with E-state index in [1.807, 2.05) is 12.1 Å². The van der Waals surface area contributed by atoms with Crippen LogP contribution >= 0.6 is 0 Å². The van der Waals surface area contributed by atoms with Gasteiger partial charge in [-0.05, 0) is 26.2 Å². The summed E-state index contributed by atoms with van der Waals surface area (Å²) in [5.74, 6) is 0. The van der Waals surface area contributed by atoms with Gasteiger partial charge in [-0.15, -0.1) is 0 Å². The average Bonchev–Trinajstić information content (AvgIpc) is 3.20. The molecule has 1 saturated carbocycles. The summed E-state index contributed by atoms with van der Waals surface area (Å²) in [4.78, 5) is 13.3. The number of hydrogen-bond acceptors (Lipinski definition) is 4. The van der Waals surface area contributed by atoms with Crippen molar-refractivity contribution >= 4 is 5.69 Å². The molecule has 3 rings (SSSR count). The maximum absolute atomic E-state index is 11.0. The highest BCUT2D eigenvalue weighted by atomic mass is 16.6. The van der Waals surface area contributed by atoms with Crippen molar-refractivity contribution in [1.82, 2.24) is 10.2 Å². The van der Waals surface area contributed by atoms with Crippen LogP contribution in [0.15, 0.2) is 24.3 Å². The van der Waals surface area contributed by atoms with Crippen molar-refractivity contribution in [3.8, 4) is 0 Å². The van der Waals surface area contributed by atoms with Crippen molar-refractivity contribution in [3.63, 3.8) is 0 Å². The van der Waals surface area contributed by atoms with Gasteiger partial charge in [-0.25, -0.2) is 0 Å². The number of rotatable bonds is 5. The summed E-state index contributed by atoms with van der Waals surface area (Å²) in [6.07, 6.45) is 3.81. The molecule has 1 aromatic rings. The van der Waals surface area contributed by atoms with E-state index >= 15 is 0 Å². The van der Waals surface area contributed by atoms with E-state index in [9.17, 15) is 10.1 Å². The molecular formula is C15H21N3O2. The summed E-state index contributed by atoms with van der Waals surface area (Å²) >= 11 is 0. The maximum Gasteiger partial charge on any atom is 0.273 e. The van der Waals surface area contributed by atoms with Gasteiger partial charge in [-0.1, -0.05) is 18.2 Å². The van der Waals surface area contributed by atoms with Crippen LogP contribution in [-0.4, -0.2) is 34.5 Å². The summed E-state index contributed by atoms with van der Waals surface area (Å²) in [5, 5.41) is 14.5. The highest BCUT2D eigenvalue weighted by Crippen LogP contribution is 2.33. The van der Waals surface area contributed by atoms with Gasteiger partial charge in [0.15, 0.2) is 0 Å². The van der Waals surface area contributed by atoms with Gasteiger partial charge in [0.2, 0.25) is 0 Å². The minimum atomic E-state index is -0.301. The monoisotopic (exact) mass is 275 g/mol. The number of nitrogens with one attached hydrogen (secondary N) is 1. The Balaban J connectivity index is 1.59. The molecule has 0 radical (unpaired) electrons. The van der Waals surface area contributed by atoms with Crippen molar-refractivity contribution in [2.75, 3.05) is 6.54 Å². The van der Waals surface area contributed by atoms with Crippen LogP contribution in [0.1, 0.15) is 31.7 Å². The quantitative estimate of drug-likeness (QED) is 0.662. The van der Waals surface area contributed by atoms with Gasteiger partial charge < -0.3 is 5.32 Å². The highest BCUT2D eigenvalue weighted by Gasteiger charge is 2.38. The second-order valence-electron chi connectivity index (χ2n) is 5.98. The highest BCUT2D eigenvalue weighted by molar-refractivity contribution is 5.39. The zero-order valence-electron chi connectivity index (χ0n) is 11.8. The first-order valence-electron chi connectivity index (χ1n) is 7.36. The first-order chi connectivity index (χ1) is 9.65. The van der Waals surface area contributed by atoms with Crippen LogP contribution in [0.2, 0.25) is 0 Å². The van der Waals surface area contributed by atoms with Crippen molar-refractivity contribution in [2.24, 2.45) is 0 Å². The first kappa shape index (κ1) is 13.5. The summed E-state index contributed by atoms with van der Waals surface area (Å²) < 4.78 is 0. The van der Waals surface area contributed by atoms with Gasteiger partial charge in [0, 0.05) is 42.8 Å². The Morgan fingerprint density at radius 3 is 2.85 bits per heavy atom. The molecule has 2 unspecified atom stereocenters. The van der Waals surface area contributed by atoms with E-state index < -0.39 is 0 Å². The van der Waals surface area contributed by atoms with E-state index in [-0.39, 0.29) is 10.6 Å². The molecule has 2 fully saturated rings. The van der Waals surface area contributed by atoms with Crippen LogP contribution in [0, 0.1) is 10.1 Å². The molecule has 2 atom stereocenters. The molecule has 1 aliphatic carbocycles. The third-order valence-electron chi connectivity index (χ3n) is 4.41. The second kappa shape index (κ2) is 5.50. The van der Waals surface area contributed by atoms with Crippen molar-refractivity contribution < 1.29 is 4.92 Å². The fourth-order valence-corrected chi connectivity index (χ4v) is 3.21. The Kier molecular flexibility index (Phi) is 3.72. The van der Waals surface area contributed by atoms with Crippen molar-refractivity contribution in [2.45, 2.75) is 50.9 Å². The molecule has 1 aliphatic heterocycles. The number of hydrogen-bond donors (Lipinski definition) is 1. The summed E-state index contributed by atoms with van der Waals surface area (Å²) in [6, 6.07) is 8.86. The standard InChI is InChI=1S/C15H21N3O2/c1-11-8-13(10-17(11)14-6-7-14)16-9-12-4-2-3-5-15(12)18(19)20/h2-5,11,13-14,16H,6-10H2,1H3. The van der Waals surface area contributed by atoms with E-state index in [1.54, 1.807) is 12.1 Å². The maximum atomic E-state index is 11.0. The molecule has 5 nitrogen and oxygen atoms in total. The van der Waals surface area contributed by atoms with Crippen molar-refractivity contribution in [3.05, 3.63) is 39.9 Å². The molecule has 1 saturated heterocycles. The molecule has 0 bridgehead atoms. The Morgan fingerprint density at radius 2 is 2.15 bits per heavy atom. The lowest BCUT2D eigenvalue weighted by atomic mass is 10.1. The average molecular weight is 275 g/mol. The predicted octanol–water partition coefficient (Wildman–Crippen LogP) is 2.31. The lowest BCUT2D eigenvalue weighted by Gasteiger charge is -2.19. The lowest BCUT2D eigenvalue weighted by molar-refractivity contribution is -0.385. The van der Waals surface area contributed by atoms with E-state index in [0.29, 0.717) is 18.6 Å². The van der Waals surface area contributed by atoms with Crippen LogP contribution < -0.4 is 5.32 Å². The number of nitrogens with zero attached hydrogens (tertiary/aromatic N) is 2. The normalized spacial score (nSPS) is 26.9. The molecule has 5 heteroatoms. The van der Waals surface area contributed by atoms with E-state index in [0.717, 1.165) is 24.6 Å². The van der Waals surface area contributed by atoms with Crippen molar-refractivity contribution in [1.29, 1.82) is 0 Å². The van der Waals surface area contributed by atoms with Gasteiger partial charge in [0.25, 0.3) is 5.69 Å². The molecular weight excluding hydrogens is 254 g/mol. The Bertz CT molecular complexity index is 502. The molecule has 1 heterocycles. The van der Waals surface area contributed by atoms with Gasteiger partial charge in [0.1, 0.15) is 0 Å². The summed E-state index contributed by atoms with van der Waals surface area (Å²) in [6.45, 7) is 3.93. The second-order valence-corrected chi connectivity index (χ2v) is 5.98. The Hall–Kier alpha value is -1.46. The third kappa shape index (κ3) is 2.83. The minimum absolute atomic E-state index is 0.213. The molecule has 2 aliphatic rings. The van der Waals surface area contributed by atoms with Gasteiger partial charge in [0.05, 0.1) is 4.92 Å². The van der Waals surface area contributed by atoms with E-state index in [1.165, 1.54) is 12.8 Å². The molecule has 20 heavy (non-hydrogen) atoms. The summed E-state index contributed by atoms with van der Waals surface area (Å²) in [5.41, 5.74) is 0.986. The summed E-state index contributed by atoms with van der Waals surface area (Å²) in [7, 11) is 0. The predicted molar refractivity (Wildman–Crippen MR) is 77.5 cm³/mol. The smallest absolute Gasteiger partial charge is 0.273 e. The lowest BCUT2D eigenvalue weighted by Crippen LogP contribution is -2.33. The molecule has 0 spiro atoms. The van der Waals surface area contributed by atoms with E-state index in [4.69, 9.17) is 0 Å². The molecule has 1 N–H and O–H groups in total. The molecule has 0 aromatic heterocycles. The molecule has 1 aromatic carbocycles. The van der Waals surface area contributed by atoms with Crippen LogP contribution in [-0.2, 0) is 6.54 Å². The number of para-hydroxylation sites is 1. The van der Waals surface area contributed by atoms with Crippen LogP contribution in [0.3, 0.4) is 0 Å². The fourth-order valence-electron chi connectivity index (χ4n) is 3.21. The number of likely N-dealkylation sites (tertiary alicyclic amines) is 1. The van der Waals surface area contributed by atoms with E-state index in [2.05, 4.69) is 17.1 Å². The number of nitro groups is 1. The van der Waals surface area contributed by atoms with Crippen LogP contribution in [0.5, 0.6) is 0 Å². The zero-order chi connectivity index (χ0) is 14.1. The third-order valence-corrected chi connectivity index (χ3v) is 4.41. The van der Waals surface area contributed by atoms with Gasteiger partial charge in [-0.2, -0.15) is 0 Å².